The Kier molecular flexibility index (Phi) is 5.00. The molecule has 0 aliphatic carbocycles. The number of benzene rings is 2. The molecule has 0 aromatic heterocycles. The molecular formula is C15H13F3N2O2. The molecule has 0 bridgehead atoms. The van der Waals surface area contributed by atoms with Gasteiger partial charge in [0, 0.05) is 0 Å². The molecule has 22 heavy (non-hydrogen) atoms. The Hall–Kier alpha value is -2.54. The van der Waals surface area contributed by atoms with Gasteiger partial charge in [-0.25, -0.2) is 13.2 Å². The Morgan fingerprint density at radius 3 is 2.41 bits per heavy atom. The fourth-order valence-electron chi connectivity index (χ4n) is 1.78. The summed E-state index contributed by atoms with van der Waals surface area (Å²) in [4.78, 5) is 11.6. The van der Waals surface area contributed by atoms with Gasteiger partial charge >= 0.3 is 0 Å². The molecule has 0 spiro atoms. The lowest BCUT2D eigenvalue weighted by molar-refractivity contribution is -0.122. The molecule has 2 aromatic rings. The highest BCUT2D eigenvalue weighted by Gasteiger charge is 2.15. The average molecular weight is 310 g/mol. The van der Waals surface area contributed by atoms with Gasteiger partial charge in [-0.15, -0.1) is 0 Å². The SMILES string of the molecule is O=C(CC(O)c1ccccc1)NNc1ccc(F)c(F)c1F. The largest absolute Gasteiger partial charge is 0.388 e. The molecule has 0 saturated carbocycles. The summed E-state index contributed by atoms with van der Waals surface area (Å²) in [6, 6.07) is 10.2. The van der Waals surface area contributed by atoms with Gasteiger partial charge < -0.3 is 5.11 Å². The van der Waals surface area contributed by atoms with E-state index in [2.05, 4.69) is 10.9 Å². The smallest absolute Gasteiger partial charge is 0.241 e. The van der Waals surface area contributed by atoms with Crippen LogP contribution in [0.5, 0.6) is 0 Å². The minimum absolute atomic E-state index is 0.275. The van der Waals surface area contributed by atoms with Crippen LogP contribution in [-0.4, -0.2) is 11.0 Å². The van der Waals surface area contributed by atoms with Crippen LogP contribution >= 0.6 is 0 Å². The van der Waals surface area contributed by atoms with Crippen molar-refractivity contribution >= 4 is 11.6 Å². The van der Waals surface area contributed by atoms with Gasteiger partial charge in [-0.1, -0.05) is 30.3 Å². The van der Waals surface area contributed by atoms with Crippen LogP contribution in [0.1, 0.15) is 18.1 Å². The number of anilines is 1. The monoisotopic (exact) mass is 310 g/mol. The zero-order valence-electron chi connectivity index (χ0n) is 11.3. The van der Waals surface area contributed by atoms with Crippen molar-refractivity contribution in [3.63, 3.8) is 0 Å². The molecule has 2 rings (SSSR count). The highest BCUT2D eigenvalue weighted by molar-refractivity contribution is 5.78. The standard InChI is InChI=1S/C15H13F3N2O2/c16-10-6-7-11(15(18)14(10)17)19-20-13(22)8-12(21)9-4-2-1-3-5-9/h1-7,12,19,21H,8H2,(H,20,22). The summed E-state index contributed by atoms with van der Waals surface area (Å²) in [5, 5.41) is 9.85. The number of hydrazine groups is 1. The number of rotatable bonds is 5. The molecule has 0 aliphatic rings. The first kappa shape index (κ1) is 15.8. The van der Waals surface area contributed by atoms with Gasteiger partial charge in [0.1, 0.15) is 0 Å². The minimum atomic E-state index is -1.64. The van der Waals surface area contributed by atoms with Crippen LogP contribution in [0.25, 0.3) is 0 Å². The summed E-state index contributed by atoms with van der Waals surface area (Å²) in [6.07, 6.45) is -1.31. The third-order valence-electron chi connectivity index (χ3n) is 2.93. The summed E-state index contributed by atoms with van der Waals surface area (Å²) >= 11 is 0. The highest BCUT2D eigenvalue weighted by Crippen LogP contribution is 2.19. The third-order valence-corrected chi connectivity index (χ3v) is 2.93. The Morgan fingerprint density at radius 1 is 1.05 bits per heavy atom. The zero-order valence-corrected chi connectivity index (χ0v) is 11.3. The molecule has 0 saturated heterocycles. The van der Waals surface area contributed by atoms with Crippen molar-refractivity contribution in [2.75, 3.05) is 5.43 Å². The number of aliphatic hydroxyl groups excluding tert-OH is 1. The van der Waals surface area contributed by atoms with E-state index in [1.807, 2.05) is 0 Å². The summed E-state index contributed by atoms with van der Waals surface area (Å²) in [5.74, 6) is -5.04. The van der Waals surface area contributed by atoms with Gasteiger partial charge in [-0.3, -0.25) is 15.6 Å². The molecule has 1 unspecified atom stereocenters. The molecule has 3 N–H and O–H groups in total. The van der Waals surface area contributed by atoms with Gasteiger partial charge in [0.2, 0.25) is 5.91 Å². The van der Waals surface area contributed by atoms with Crippen LogP contribution in [-0.2, 0) is 4.79 Å². The molecule has 2 aromatic carbocycles. The third kappa shape index (κ3) is 3.76. The maximum atomic E-state index is 13.4. The molecule has 1 amide bonds. The van der Waals surface area contributed by atoms with Crippen molar-refractivity contribution in [2.24, 2.45) is 0 Å². The second-order valence-corrected chi connectivity index (χ2v) is 4.53. The van der Waals surface area contributed by atoms with Crippen LogP contribution in [0.2, 0.25) is 0 Å². The lowest BCUT2D eigenvalue weighted by atomic mass is 10.1. The normalized spacial score (nSPS) is 11.8. The topological polar surface area (TPSA) is 61.4 Å². The van der Waals surface area contributed by atoms with Crippen molar-refractivity contribution in [1.29, 1.82) is 0 Å². The number of nitrogens with one attached hydrogen (secondary N) is 2. The van der Waals surface area contributed by atoms with E-state index in [4.69, 9.17) is 0 Å². The van der Waals surface area contributed by atoms with E-state index in [1.54, 1.807) is 30.3 Å². The molecule has 0 heterocycles. The fourth-order valence-corrected chi connectivity index (χ4v) is 1.78. The molecule has 116 valence electrons. The molecule has 0 radical (unpaired) electrons. The lowest BCUT2D eigenvalue weighted by Gasteiger charge is -2.13. The maximum absolute atomic E-state index is 13.4. The molecule has 0 fully saturated rings. The number of hydrogen-bond donors (Lipinski definition) is 3. The Balaban J connectivity index is 1.92. The molecule has 4 nitrogen and oxygen atoms in total. The summed E-state index contributed by atoms with van der Waals surface area (Å²) in [7, 11) is 0. The van der Waals surface area contributed by atoms with Crippen molar-refractivity contribution < 1.29 is 23.1 Å². The van der Waals surface area contributed by atoms with Crippen LogP contribution in [0.3, 0.4) is 0 Å². The van der Waals surface area contributed by atoms with Crippen molar-refractivity contribution in [1.82, 2.24) is 5.43 Å². The predicted molar refractivity (Wildman–Crippen MR) is 74.1 cm³/mol. The molecule has 0 aliphatic heterocycles. The highest BCUT2D eigenvalue weighted by atomic mass is 19.2. The average Bonchev–Trinajstić information content (AvgIpc) is 2.53. The first-order chi connectivity index (χ1) is 10.5. The van der Waals surface area contributed by atoms with Crippen LogP contribution in [0.4, 0.5) is 18.9 Å². The quantitative estimate of drug-likeness (QED) is 0.588. The second kappa shape index (κ2) is 6.95. The lowest BCUT2D eigenvalue weighted by Crippen LogP contribution is -2.31. The van der Waals surface area contributed by atoms with Crippen molar-refractivity contribution in [3.8, 4) is 0 Å². The Morgan fingerprint density at radius 2 is 1.73 bits per heavy atom. The van der Waals surface area contributed by atoms with E-state index in [-0.39, 0.29) is 6.42 Å². The summed E-state index contributed by atoms with van der Waals surface area (Å²) < 4.78 is 39.1. The Bertz CT molecular complexity index is 665. The van der Waals surface area contributed by atoms with E-state index in [9.17, 15) is 23.1 Å². The molecular weight excluding hydrogens is 297 g/mol. The summed E-state index contributed by atoms with van der Waals surface area (Å²) in [6.45, 7) is 0. The Labute approximate surface area is 124 Å². The fraction of sp³-hybridized carbons (Fsp3) is 0.133. The van der Waals surface area contributed by atoms with E-state index in [0.29, 0.717) is 5.56 Å². The van der Waals surface area contributed by atoms with Gasteiger partial charge in [-0.05, 0) is 17.7 Å². The number of amides is 1. The maximum Gasteiger partial charge on any atom is 0.241 e. The number of carbonyl (C=O) groups is 1. The molecule has 1 atom stereocenters. The summed E-state index contributed by atoms with van der Waals surface area (Å²) in [5.41, 5.74) is 4.39. The number of aliphatic hydroxyl groups is 1. The van der Waals surface area contributed by atoms with Crippen LogP contribution in [0.15, 0.2) is 42.5 Å². The van der Waals surface area contributed by atoms with E-state index >= 15 is 0 Å². The molecule has 7 heteroatoms. The van der Waals surface area contributed by atoms with Crippen molar-refractivity contribution in [3.05, 3.63) is 65.5 Å². The predicted octanol–water partition coefficient (Wildman–Crippen LogP) is 2.67. The van der Waals surface area contributed by atoms with Crippen molar-refractivity contribution in [2.45, 2.75) is 12.5 Å². The first-order valence-electron chi connectivity index (χ1n) is 6.40. The van der Waals surface area contributed by atoms with Crippen LogP contribution < -0.4 is 10.9 Å². The minimum Gasteiger partial charge on any atom is -0.388 e. The van der Waals surface area contributed by atoms with Crippen LogP contribution in [0, 0.1) is 17.5 Å². The van der Waals surface area contributed by atoms with Gasteiger partial charge in [-0.2, -0.15) is 0 Å². The number of hydrogen-bond acceptors (Lipinski definition) is 3. The number of halogens is 3. The van der Waals surface area contributed by atoms with Gasteiger partial charge in [0.15, 0.2) is 17.5 Å². The second-order valence-electron chi connectivity index (χ2n) is 4.53. The zero-order chi connectivity index (χ0) is 16.1. The first-order valence-corrected chi connectivity index (χ1v) is 6.40. The van der Waals surface area contributed by atoms with E-state index in [0.717, 1.165) is 12.1 Å². The van der Waals surface area contributed by atoms with E-state index < -0.39 is 35.2 Å². The van der Waals surface area contributed by atoms with Gasteiger partial charge in [0.05, 0.1) is 18.2 Å². The van der Waals surface area contributed by atoms with Gasteiger partial charge in [0.25, 0.3) is 0 Å². The number of carbonyl (C=O) groups excluding carboxylic acids is 1. The van der Waals surface area contributed by atoms with E-state index in [1.165, 1.54) is 0 Å².